The molecule has 0 atom stereocenters. The quantitative estimate of drug-likeness (QED) is 0.525. The number of hydrogen-bond donors (Lipinski definition) is 0. The Hall–Kier alpha value is -1.59. The van der Waals surface area contributed by atoms with E-state index >= 15 is 0 Å². The molecule has 17 heavy (non-hydrogen) atoms. The summed E-state index contributed by atoms with van der Waals surface area (Å²) >= 11 is 0. The van der Waals surface area contributed by atoms with E-state index in [1.54, 1.807) is 38.2 Å². The third kappa shape index (κ3) is 31.4. The maximum atomic E-state index is 9.64. The van der Waals surface area contributed by atoms with E-state index < -0.39 is 11.9 Å². The molecule has 0 spiro atoms. The Kier molecular flexibility index (Phi) is 20.6. The number of hydrogen-bond acceptors (Lipinski definition) is 4. The first-order valence-electron chi connectivity index (χ1n) is 4.55. The number of rotatable bonds is 4. The first-order chi connectivity index (χ1) is 7.54. The van der Waals surface area contributed by atoms with Gasteiger partial charge in [0.1, 0.15) is 0 Å². The normalized spacial score (nSPS) is 10.5. The van der Waals surface area contributed by atoms with Crippen LogP contribution in [-0.2, 0) is 26.4 Å². The summed E-state index contributed by atoms with van der Waals surface area (Å²) in [4.78, 5) is 19.3. The van der Waals surface area contributed by atoms with Crippen LogP contribution >= 0.6 is 0 Å². The van der Waals surface area contributed by atoms with Gasteiger partial charge in [-0.15, -0.1) is 0 Å². The average molecular weight is 281 g/mol. The molecule has 95 valence electrons. The van der Waals surface area contributed by atoms with Crippen molar-refractivity contribution in [2.45, 2.75) is 13.8 Å². The second-order valence-electron chi connectivity index (χ2n) is 2.41. The zero-order valence-corrected chi connectivity index (χ0v) is 10.6. The Balaban J connectivity index is -0.000000218. The number of carboxylic acid groups (broad SMARTS) is 2. The molecule has 0 aliphatic heterocycles. The molecule has 0 aromatic rings. The molecule has 0 saturated carbocycles. The van der Waals surface area contributed by atoms with Crippen LogP contribution in [0.1, 0.15) is 13.8 Å². The van der Waals surface area contributed by atoms with Crippen molar-refractivity contribution in [3.63, 3.8) is 0 Å². The average Bonchev–Trinajstić information content (AvgIpc) is 2.18. The minimum atomic E-state index is -1.16. The molecule has 0 saturated heterocycles. The van der Waals surface area contributed by atoms with Gasteiger partial charge in [-0.3, -0.25) is 0 Å². The van der Waals surface area contributed by atoms with E-state index in [9.17, 15) is 19.8 Å². The Labute approximate surface area is 111 Å². The van der Waals surface area contributed by atoms with Gasteiger partial charge in [-0.2, -0.15) is 0 Å². The Bertz CT molecular complexity index is 282. The van der Waals surface area contributed by atoms with Crippen LogP contribution in [0.15, 0.2) is 48.6 Å². The summed E-state index contributed by atoms with van der Waals surface area (Å²) in [5.74, 6) is -2.33. The van der Waals surface area contributed by atoms with E-state index in [1.807, 2.05) is 0 Å². The second kappa shape index (κ2) is 16.8. The summed E-state index contributed by atoms with van der Waals surface area (Å²) in [5.41, 5.74) is 0. The Morgan fingerprint density at radius 3 is 1.24 bits per heavy atom. The molecule has 0 bridgehead atoms. The molecule has 0 rings (SSSR count). The zero-order valence-electron chi connectivity index (χ0n) is 9.59. The van der Waals surface area contributed by atoms with Gasteiger partial charge < -0.3 is 19.8 Å². The van der Waals surface area contributed by atoms with E-state index in [4.69, 9.17) is 0 Å². The number of aliphatic carboxylic acids is 2. The fraction of sp³-hybridized carbons (Fsp3) is 0.167. The molecule has 0 amide bonds. The van der Waals surface area contributed by atoms with Crippen LogP contribution in [0.2, 0.25) is 0 Å². The van der Waals surface area contributed by atoms with Crippen LogP contribution in [0.5, 0.6) is 0 Å². The molecule has 4 nitrogen and oxygen atoms in total. The number of carboxylic acids is 2. The molecular formula is C12H14CoO4. The SMILES string of the molecule is CC=CC=CC(=O)[O-].CC=CC=CC(=O)[O-].[Co+2]. The van der Waals surface area contributed by atoms with Crippen LogP contribution in [0.25, 0.3) is 0 Å². The maximum Gasteiger partial charge on any atom is 2.00 e. The molecule has 5 heteroatoms. The summed E-state index contributed by atoms with van der Waals surface area (Å²) in [5, 5.41) is 19.3. The van der Waals surface area contributed by atoms with Crippen molar-refractivity contribution in [1.82, 2.24) is 0 Å². The van der Waals surface area contributed by atoms with E-state index in [2.05, 4.69) is 0 Å². The Morgan fingerprint density at radius 2 is 1.06 bits per heavy atom. The van der Waals surface area contributed by atoms with Gasteiger partial charge in [0.15, 0.2) is 0 Å². The van der Waals surface area contributed by atoms with Gasteiger partial charge in [0.05, 0.1) is 11.9 Å². The summed E-state index contributed by atoms with van der Waals surface area (Å²) < 4.78 is 0. The van der Waals surface area contributed by atoms with Crippen molar-refractivity contribution in [3.05, 3.63) is 48.6 Å². The first-order valence-corrected chi connectivity index (χ1v) is 4.55. The van der Waals surface area contributed by atoms with E-state index in [0.717, 1.165) is 12.2 Å². The van der Waals surface area contributed by atoms with E-state index in [-0.39, 0.29) is 16.8 Å². The van der Waals surface area contributed by atoms with Gasteiger partial charge in [-0.05, 0) is 26.0 Å². The van der Waals surface area contributed by atoms with Crippen LogP contribution in [0, 0.1) is 0 Å². The Morgan fingerprint density at radius 1 is 0.765 bits per heavy atom. The molecule has 0 aromatic carbocycles. The van der Waals surface area contributed by atoms with Gasteiger partial charge in [-0.25, -0.2) is 0 Å². The van der Waals surface area contributed by atoms with E-state index in [1.165, 1.54) is 12.2 Å². The molecule has 0 aromatic heterocycles. The van der Waals surface area contributed by atoms with Gasteiger partial charge >= 0.3 is 16.8 Å². The van der Waals surface area contributed by atoms with Gasteiger partial charge in [0.2, 0.25) is 0 Å². The number of carbonyl (C=O) groups is 2. The predicted molar refractivity (Wildman–Crippen MR) is 57.9 cm³/mol. The van der Waals surface area contributed by atoms with Gasteiger partial charge in [0, 0.05) is 0 Å². The second-order valence-corrected chi connectivity index (χ2v) is 2.41. The van der Waals surface area contributed by atoms with Crippen molar-refractivity contribution < 1.29 is 36.6 Å². The summed E-state index contributed by atoms with van der Waals surface area (Å²) in [6, 6.07) is 0. The number of allylic oxidation sites excluding steroid dienone is 6. The summed E-state index contributed by atoms with van der Waals surface area (Å²) in [7, 11) is 0. The van der Waals surface area contributed by atoms with Crippen LogP contribution in [0.3, 0.4) is 0 Å². The minimum Gasteiger partial charge on any atom is -0.545 e. The van der Waals surface area contributed by atoms with Gasteiger partial charge in [-0.1, -0.05) is 36.5 Å². The summed E-state index contributed by atoms with van der Waals surface area (Å²) in [6.07, 6.45) is 11.5. The zero-order chi connectivity index (χ0) is 12.8. The molecule has 0 heterocycles. The molecule has 0 N–H and O–H groups in total. The topological polar surface area (TPSA) is 80.3 Å². The van der Waals surface area contributed by atoms with Crippen molar-refractivity contribution in [3.8, 4) is 0 Å². The van der Waals surface area contributed by atoms with Crippen LogP contribution < -0.4 is 10.2 Å². The van der Waals surface area contributed by atoms with Crippen LogP contribution in [-0.4, -0.2) is 11.9 Å². The van der Waals surface area contributed by atoms with Gasteiger partial charge in [0.25, 0.3) is 0 Å². The standard InChI is InChI=1S/2C6H8O2.Co/c2*1-2-3-4-5-6(7)8;/h2*2-5H,1H3,(H,7,8);/q;;+2/p-2. The molecule has 0 aliphatic rings. The summed E-state index contributed by atoms with van der Waals surface area (Å²) in [6.45, 7) is 3.61. The molecule has 0 fully saturated rings. The third-order valence-corrected chi connectivity index (χ3v) is 1.07. The molecule has 1 radical (unpaired) electrons. The van der Waals surface area contributed by atoms with Crippen molar-refractivity contribution in [2.24, 2.45) is 0 Å². The van der Waals surface area contributed by atoms with Crippen molar-refractivity contribution >= 4 is 11.9 Å². The monoisotopic (exact) mass is 281 g/mol. The number of carbonyl (C=O) groups excluding carboxylic acids is 2. The molecule has 0 aliphatic carbocycles. The molecule has 0 unspecified atom stereocenters. The molecular weight excluding hydrogens is 267 g/mol. The van der Waals surface area contributed by atoms with E-state index in [0.29, 0.717) is 0 Å². The first kappa shape index (κ1) is 20.8. The largest absolute Gasteiger partial charge is 2.00 e. The maximum absolute atomic E-state index is 9.64. The predicted octanol–water partition coefficient (Wildman–Crippen LogP) is -0.265. The third-order valence-electron chi connectivity index (χ3n) is 1.07. The van der Waals surface area contributed by atoms with Crippen LogP contribution in [0.4, 0.5) is 0 Å². The van der Waals surface area contributed by atoms with Crippen molar-refractivity contribution in [2.75, 3.05) is 0 Å². The smallest absolute Gasteiger partial charge is 0.545 e. The van der Waals surface area contributed by atoms with Crippen molar-refractivity contribution in [1.29, 1.82) is 0 Å². The fourth-order valence-electron chi connectivity index (χ4n) is 0.490. The minimum absolute atomic E-state index is 0. The fourth-order valence-corrected chi connectivity index (χ4v) is 0.490.